The first kappa shape index (κ1) is 17.1. The molecule has 2 N–H and O–H groups in total. The SMILES string of the molecule is CCC(C)(C)C(=O)C(O)(CC(=O)O)C[N+](C)(C)C. The van der Waals surface area contributed by atoms with Crippen LogP contribution in [-0.4, -0.2) is 59.7 Å². The summed E-state index contributed by atoms with van der Waals surface area (Å²) < 4.78 is 0.329. The molecule has 0 aliphatic heterocycles. The molecule has 0 spiro atoms. The van der Waals surface area contributed by atoms with Crippen LogP contribution in [0, 0.1) is 5.41 Å². The van der Waals surface area contributed by atoms with E-state index in [9.17, 15) is 14.7 Å². The second-order valence-electron chi connectivity index (χ2n) is 6.62. The lowest BCUT2D eigenvalue weighted by Gasteiger charge is -2.37. The van der Waals surface area contributed by atoms with Crippen LogP contribution in [0.2, 0.25) is 0 Å². The summed E-state index contributed by atoms with van der Waals surface area (Å²) >= 11 is 0. The van der Waals surface area contributed by atoms with Gasteiger partial charge in [-0.1, -0.05) is 20.8 Å². The fraction of sp³-hybridized carbons (Fsp3) is 0.846. The Labute approximate surface area is 109 Å². The number of carbonyl (C=O) groups is 2. The van der Waals surface area contributed by atoms with Gasteiger partial charge in [-0.05, 0) is 6.42 Å². The summed E-state index contributed by atoms with van der Waals surface area (Å²) in [5, 5.41) is 19.4. The number of carboxylic acid groups (broad SMARTS) is 1. The number of carbonyl (C=O) groups excluding carboxylic acids is 1. The van der Waals surface area contributed by atoms with Crippen LogP contribution in [0.1, 0.15) is 33.6 Å². The van der Waals surface area contributed by atoms with Gasteiger partial charge in [-0.15, -0.1) is 0 Å². The third kappa shape index (κ3) is 4.74. The second kappa shape index (κ2) is 5.36. The highest BCUT2D eigenvalue weighted by Gasteiger charge is 2.48. The average Bonchev–Trinajstić information content (AvgIpc) is 2.12. The zero-order valence-electron chi connectivity index (χ0n) is 12.3. The van der Waals surface area contributed by atoms with E-state index in [1.807, 2.05) is 28.1 Å². The number of hydrogen-bond donors (Lipinski definition) is 2. The summed E-state index contributed by atoms with van der Waals surface area (Å²) in [5.74, 6) is -1.56. The minimum absolute atomic E-state index is 0.0849. The molecule has 1 unspecified atom stereocenters. The van der Waals surface area contributed by atoms with Crippen LogP contribution >= 0.6 is 0 Å². The van der Waals surface area contributed by atoms with Gasteiger partial charge >= 0.3 is 5.97 Å². The molecule has 0 aliphatic carbocycles. The average molecular weight is 260 g/mol. The van der Waals surface area contributed by atoms with Crippen molar-refractivity contribution in [3.63, 3.8) is 0 Å². The van der Waals surface area contributed by atoms with Crippen LogP contribution < -0.4 is 0 Å². The Morgan fingerprint density at radius 3 is 1.89 bits per heavy atom. The van der Waals surface area contributed by atoms with Gasteiger partial charge in [0.1, 0.15) is 6.54 Å². The minimum Gasteiger partial charge on any atom is -0.481 e. The van der Waals surface area contributed by atoms with Crippen molar-refractivity contribution in [2.75, 3.05) is 27.7 Å². The molecule has 0 aromatic heterocycles. The summed E-state index contributed by atoms with van der Waals surface area (Å²) in [6.45, 7) is 5.40. The minimum atomic E-state index is -1.82. The van der Waals surface area contributed by atoms with E-state index in [1.54, 1.807) is 13.8 Å². The van der Waals surface area contributed by atoms with Crippen molar-refractivity contribution in [3.05, 3.63) is 0 Å². The van der Waals surface area contributed by atoms with Crippen molar-refractivity contribution >= 4 is 11.8 Å². The number of quaternary nitrogens is 1. The third-order valence-corrected chi connectivity index (χ3v) is 3.10. The lowest BCUT2D eigenvalue weighted by atomic mass is 9.75. The van der Waals surface area contributed by atoms with Crippen LogP contribution in [0.4, 0.5) is 0 Å². The monoisotopic (exact) mass is 260 g/mol. The lowest BCUT2D eigenvalue weighted by molar-refractivity contribution is -0.875. The maximum Gasteiger partial charge on any atom is 0.306 e. The molecule has 0 bridgehead atoms. The normalized spacial score (nSPS) is 16.2. The molecule has 106 valence electrons. The first-order valence-electron chi connectivity index (χ1n) is 6.13. The number of rotatable bonds is 7. The highest BCUT2D eigenvalue weighted by atomic mass is 16.4. The van der Waals surface area contributed by atoms with Crippen molar-refractivity contribution in [1.82, 2.24) is 0 Å². The number of Topliss-reactive ketones (excluding diaryl/α,β-unsaturated/α-hetero) is 1. The molecular weight excluding hydrogens is 234 g/mol. The number of nitrogens with zero attached hydrogens (tertiary/aromatic N) is 1. The van der Waals surface area contributed by atoms with E-state index < -0.39 is 29.2 Å². The van der Waals surface area contributed by atoms with Crippen molar-refractivity contribution in [2.45, 2.75) is 39.2 Å². The van der Waals surface area contributed by atoms with Crippen molar-refractivity contribution < 1.29 is 24.3 Å². The van der Waals surface area contributed by atoms with E-state index in [-0.39, 0.29) is 6.54 Å². The molecule has 0 saturated carbocycles. The molecule has 0 saturated heterocycles. The van der Waals surface area contributed by atoms with E-state index >= 15 is 0 Å². The number of ketones is 1. The molecule has 0 aliphatic rings. The van der Waals surface area contributed by atoms with Crippen LogP contribution in [0.5, 0.6) is 0 Å². The Morgan fingerprint density at radius 1 is 1.17 bits per heavy atom. The Hall–Kier alpha value is -0.940. The summed E-state index contributed by atoms with van der Waals surface area (Å²) in [7, 11) is 5.46. The van der Waals surface area contributed by atoms with Crippen LogP contribution in [-0.2, 0) is 9.59 Å². The predicted octanol–water partition coefficient (Wildman–Crippen LogP) is 0.904. The van der Waals surface area contributed by atoms with E-state index in [0.717, 1.165) is 0 Å². The van der Waals surface area contributed by atoms with Crippen molar-refractivity contribution in [2.24, 2.45) is 5.41 Å². The quantitative estimate of drug-likeness (QED) is 0.667. The Balaban J connectivity index is 5.35. The third-order valence-electron chi connectivity index (χ3n) is 3.10. The topological polar surface area (TPSA) is 74.6 Å². The highest BCUT2D eigenvalue weighted by Crippen LogP contribution is 2.30. The fourth-order valence-corrected chi connectivity index (χ4v) is 2.03. The van der Waals surface area contributed by atoms with Gasteiger partial charge in [0.25, 0.3) is 0 Å². The number of aliphatic hydroxyl groups is 1. The summed E-state index contributed by atoms with van der Waals surface area (Å²) in [6.07, 6.45) is 0.00961. The van der Waals surface area contributed by atoms with E-state index in [1.165, 1.54) is 0 Å². The fourth-order valence-electron chi connectivity index (χ4n) is 2.03. The maximum atomic E-state index is 12.4. The lowest BCUT2D eigenvalue weighted by Crippen LogP contribution is -2.58. The molecule has 5 nitrogen and oxygen atoms in total. The Morgan fingerprint density at radius 2 is 1.61 bits per heavy atom. The summed E-state index contributed by atoms with van der Waals surface area (Å²) in [5.41, 5.74) is -2.54. The zero-order chi connectivity index (χ0) is 14.8. The molecule has 0 radical (unpaired) electrons. The summed E-state index contributed by atoms with van der Waals surface area (Å²) in [6, 6.07) is 0. The molecule has 0 amide bonds. The van der Waals surface area contributed by atoms with Crippen LogP contribution in [0.25, 0.3) is 0 Å². The van der Waals surface area contributed by atoms with E-state index in [0.29, 0.717) is 10.9 Å². The largest absolute Gasteiger partial charge is 0.481 e. The zero-order valence-corrected chi connectivity index (χ0v) is 12.3. The molecule has 0 aromatic rings. The van der Waals surface area contributed by atoms with Crippen molar-refractivity contribution in [1.29, 1.82) is 0 Å². The molecule has 0 rings (SSSR count). The van der Waals surface area contributed by atoms with E-state index in [4.69, 9.17) is 5.11 Å². The van der Waals surface area contributed by atoms with Gasteiger partial charge in [0.15, 0.2) is 11.4 Å². The van der Waals surface area contributed by atoms with Gasteiger partial charge in [0, 0.05) is 5.41 Å². The molecule has 5 heteroatoms. The van der Waals surface area contributed by atoms with Crippen LogP contribution in [0.15, 0.2) is 0 Å². The number of carboxylic acids is 1. The van der Waals surface area contributed by atoms with Gasteiger partial charge in [0.2, 0.25) is 0 Å². The Kier molecular flexibility index (Phi) is 5.08. The van der Waals surface area contributed by atoms with Gasteiger partial charge < -0.3 is 14.7 Å². The maximum absolute atomic E-state index is 12.4. The van der Waals surface area contributed by atoms with Crippen molar-refractivity contribution in [3.8, 4) is 0 Å². The van der Waals surface area contributed by atoms with Gasteiger partial charge in [0.05, 0.1) is 27.6 Å². The molecule has 0 aromatic carbocycles. The molecular formula is C13H26NO4+. The summed E-state index contributed by atoms with van der Waals surface area (Å²) in [4.78, 5) is 23.3. The molecule has 1 atom stereocenters. The van der Waals surface area contributed by atoms with Gasteiger partial charge in [-0.25, -0.2) is 0 Å². The molecule has 0 heterocycles. The standard InChI is InChI=1S/C13H25NO4/c1-7-12(2,3)11(17)13(18,8-10(15)16)9-14(4,5)6/h18H,7-9H2,1-6H3/p+1. The second-order valence-corrected chi connectivity index (χ2v) is 6.62. The highest BCUT2D eigenvalue weighted by molar-refractivity contribution is 5.94. The molecule has 18 heavy (non-hydrogen) atoms. The molecule has 0 fully saturated rings. The first-order chi connectivity index (χ1) is 7.84. The smallest absolute Gasteiger partial charge is 0.306 e. The Bertz CT molecular complexity index is 330. The number of likely N-dealkylation sites (N-methyl/N-ethyl adjacent to an activating group) is 1. The van der Waals surface area contributed by atoms with Crippen LogP contribution in [0.3, 0.4) is 0 Å². The van der Waals surface area contributed by atoms with Gasteiger partial charge in [-0.2, -0.15) is 0 Å². The number of aliphatic carboxylic acids is 1. The predicted molar refractivity (Wildman–Crippen MR) is 69.2 cm³/mol. The van der Waals surface area contributed by atoms with Gasteiger partial charge in [-0.3, -0.25) is 9.59 Å². The van der Waals surface area contributed by atoms with E-state index in [2.05, 4.69) is 0 Å². The first-order valence-corrected chi connectivity index (χ1v) is 6.13. The number of hydrogen-bond acceptors (Lipinski definition) is 3.